The quantitative estimate of drug-likeness (QED) is 0.711. The predicted molar refractivity (Wildman–Crippen MR) is 108 cm³/mol. The number of para-hydroxylation sites is 2. The molecule has 1 atom stereocenters. The zero-order valence-corrected chi connectivity index (χ0v) is 16.2. The van der Waals surface area contributed by atoms with E-state index in [-0.39, 0.29) is 17.9 Å². The Kier molecular flexibility index (Phi) is 5.19. The van der Waals surface area contributed by atoms with E-state index in [0.29, 0.717) is 30.3 Å². The van der Waals surface area contributed by atoms with Crippen LogP contribution in [0, 0.1) is 5.92 Å². The summed E-state index contributed by atoms with van der Waals surface area (Å²) >= 11 is 0. The fourth-order valence-electron chi connectivity index (χ4n) is 3.34. The highest BCUT2D eigenvalue weighted by atomic mass is 16.5. The molecule has 0 saturated heterocycles. The van der Waals surface area contributed by atoms with Crippen LogP contribution < -0.4 is 14.8 Å². The van der Waals surface area contributed by atoms with Crippen molar-refractivity contribution in [1.82, 2.24) is 15.3 Å². The molecular weight excluding hydrogens is 354 g/mol. The highest BCUT2D eigenvalue weighted by Crippen LogP contribution is 2.30. The smallest absolute Gasteiger partial charge is 0.252 e. The fourth-order valence-corrected chi connectivity index (χ4v) is 3.34. The van der Waals surface area contributed by atoms with Gasteiger partial charge in [-0.25, -0.2) is 4.98 Å². The third kappa shape index (κ3) is 3.81. The molecule has 0 fully saturated rings. The standard InChI is InChI=1S/C22H25N3O3/c1-14(2)20(21-23-16-7-3-4-8-17(16)24-21)25-22(26)15-9-10-18-19(13-15)28-12-6-5-11-27-18/h3-4,7-10,13-14,20H,5-6,11-12H2,1-2H3,(H,23,24)(H,25,26). The lowest BCUT2D eigenvalue weighted by atomic mass is 10.0. The maximum Gasteiger partial charge on any atom is 0.252 e. The van der Waals surface area contributed by atoms with Crippen molar-refractivity contribution < 1.29 is 14.3 Å². The van der Waals surface area contributed by atoms with E-state index >= 15 is 0 Å². The molecule has 1 unspecified atom stereocenters. The maximum absolute atomic E-state index is 12.9. The molecular formula is C22H25N3O3. The fraction of sp³-hybridized carbons (Fsp3) is 0.364. The molecule has 0 spiro atoms. The molecule has 3 aromatic rings. The Balaban J connectivity index is 1.57. The molecule has 1 amide bonds. The van der Waals surface area contributed by atoms with Gasteiger partial charge in [0.1, 0.15) is 5.82 Å². The molecule has 1 aliphatic heterocycles. The SMILES string of the molecule is CC(C)C(NC(=O)c1ccc2c(c1)OCCCCO2)c1nc2ccccc2[nH]1. The van der Waals surface area contributed by atoms with E-state index < -0.39 is 0 Å². The monoisotopic (exact) mass is 379 g/mol. The molecule has 28 heavy (non-hydrogen) atoms. The first-order valence-corrected chi connectivity index (χ1v) is 9.77. The molecule has 4 rings (SSSR count). The second-order valence-corrected chi connectivity index (χ2v) is 7.40. The van der Waals surface area contributed by atoms with Crippen LogP contribution in [-0.4, -0.2) is 29.1 Å². The summed E-state index contributed by atoms with van der Waals surface area (Å²) in [5.74, 6) is 2.09. The molecule has 2 heterocycles. The average molecular weight is 379 g/mol. The van der Waals surface area contributed by atoms with Crippen LogP contribution in [0.2, 0.25) is 0 Å². The normalized spacial score (nSPS) is 15.1. The number of ether oxygens (including phenoxy) is 2. The van der Waals surface area contributed by atoms with Gasteiger partial charge in [-0.1, -0.05) is 26.0 Å². The number of fused-ring (bicyclic) bond motifs is 2. The lowest BCUT2D eigenvalue weighted by molar-refractivity contribution is 0.0922. The number of imidazole rings is 1. The van der Waals surface area contributed by atoms with Crippen LogP contribution in [0.4, 0.5) is 0 Å². The van der Waals surface area contributed by atoms with Crippen LogP contribution in [-0.2, 0) is 0 Å². The van der Waals surface area contributed by atoms with Crippen molar-refractivity contribution in [2.24, 2.45) is 5.92 Å². The third-order valence-electron chi connectivity index (χ3n) is 4.92. The van der Waals surface area contributed by atoms with Gasteiger partial charge in [-0.2, -0.15) is 0 Å². The number of nitrogens with one attached hydrogen (secondary N) is 2. The van der Waals surface area contributed by atoms with Crippen molar-refractivity contribution in [2.45, 2.75) is 32.7 Å². The molecule has 6 nitrogen and oxygen atoms in total. The number of hydrogen-bond donors (Lipinski definition) is 2. The van der Waals surface area contributed by atoms with E-state index in [1.165, 1.54) is 0 Å². The van der Waals surface area contributed by atoms with Gasteiger partial charge in [-0.05, 0) is 49.1 Å². The van der Waals surface area contributed by atoms with Gasteiger partial charge in [0, 0.05) is 5.56 Å². The van der Waals surface area contributed by atoms with Crippen molar-refractivity contribution in [2.75, 3.05) is 13.2 Å². The number of amides is 1. The van der Waals surface area contributed by atoms with Crippen LogP contribution in [0.15, 0.2) is 42.5 Å². The van der Waals surface area contributed by atoms with Crippen LogP contribution in [0.5, 0.6) is 11.5 Å². The summed E-state index contributed by atoms with van der Waals surface area (Å²) in [5, 5.41) is 3.12. The second-order valence-electron chi connectivity index (χ2n) is 7.40. The Morgan fingerprint density at radius 3 is 2.57 bits per heavy atom. The Hall–Kier alpha value is -3.02. The van der Waals surface area contributed by atoms with Crippen LogP contribution >= 0.6 is 0 Å². The number of aromatic amines is 1. The molecule has 1 aliphatic rings. The van der Waals surface area contributed by atoms with Crippen molar-refractivity contribution >= 4 is 16.9 Å². The van der Waals surface area contributed by atoms with E-state index in [1.54, 1.807) is 18.2 Å². The van der Waals surface area contributed by atoms with Crippen molar-refractivity contribution in [3.63, 3.8) is 0 Å². The number of benzene rings is 2. The van der Waals surface area contributed by atoms with E-state index in [9.17, 15) is 4.79 Å². The summed E-state index contributed by atoms with van der Waals surface area (Å²) in [6, 6.07) is 13.0. The van der Waals surface area contributed by atoms with Gasteiger partial charge in [0.05, 0.1) is 30.3 Å². The molecule has 0 bridgehead atoms. The van der Waals surface area contributed by atoms with Crippen molar-refractivity contribution in [1.29, 1.82) is 0 Å². The van der Waals surface area contributed by atoms with Crippen molar-refractivity contribution in [3.05, 3.63) is 53.9 Å². The molecule has 146 valence electrons. The predicted octanol–water partition coefficient (Wildman–Crippen LogP) is 4.24. The number of carbonyl (C=O) groups excluding carboxylic acids is 1. The largest absolute Gasteiger partial charge is 0.490 e. The van der Waals surface area contributed by atoms with Gasteiger partial charge in [0.15, 0.2) is 11.5 Å². The summed E-state index contributed by atoms with van der Waals surface area (Å²) < 4.78 is 11.5. The number of carbonyl (C=O) groups is 1. The van der Waals surface area contributed by atoms with Gasteiger partial charge in [0.2, 0.25) is 0 Å². The first-order valence-electron chi connectivity index (χ1n) is 9.77. The van der Waals surface area contributed by atoms with E-state index in [2.05, 4.69) is 29.1 Å². The number of nitrogens with zero attached hydrogens (tertiary/aromatic N) is 1. The lowest BCUT2D eigenvalue weighted by Gasteiger charge is -2.21. The highest BCUT2D eigenvalue weighted by Gasteiger charge is 2.23. The van der Waals surface area contributed by atoms with E-state index in [0.717, 1.165) is 29.7 Å². The maximum atomic E-state index is 12.9. The van der Waals surface area contributed by atoms with Crippen LogP contribution in [0.3, 0.4) is 0 Å². The molecule has 0 saturated carbocycles. The van der Waals surface area contributed by atoms with Crippen molar-refractivity contribution in [3.8, 4) is 11.5 Å². The second kappa shape index (κ2) is 7.92. The van der Waals surface area contributed by atoms with Gasteiger partial charge < -0.3 is 19.8 Å². The zero-order valence-electron chi connectivity index (χ0n) is 16.2. The van der Waals surface area contributed by atoms with Gasteiger partial charge in [0.25, 0.3) is 5.91 Å². The van der Waals surface area contributed by atoms with Crippen LogP contribution in [0.25, 0.3) is 11.0 Å². The Morgan fingerprint density at radius 2 is 1.82 bits per heavy atom. The zero-order chi connectivity index (χ0) is 19.5. The summed E-state index contributed by atoms with van der Waals surface area (Å²) in [4.78, 5) is 20.9. The Morgan fingerprint density at radius 1 is 1.07 bits per heavy atom. The topological polar surface area (TPSA) is 76.2 Å². The minimum absolute atomic E-state index is 0.160. The molecule has 1 aromatic heterocycles. The molecule has 0 radical (unpaired) electrons. The van der Waals surface area contributed by atoms with Gasteiger partial charge in [-0.15, -0.1) is 0 Å². The first kappa shape index (κ1) is 18.3. The average Bonchev–Trinajstić information content (AvgIpc) is 3.09. The molecule has 0 aliphatic carbocycles. The summed E-state index contributed by atoms with van der Waals surface area (Å²) in [6.07, 6.45) is 1.91. The summed E-state index contributed by atoms with van der Waals surface area (Å²) in [7, 11) is 0. The number of rotatable bonds is 4. The van der Waals surface area contributed by atoms with Gasteiger partial charge >= 0.3 is 0 Å². The number of aromatic nitrogens is 2. The van der Waals surface area contributed by atoms with E-state index in [4.69, 9.17) is 9.47 Å². The minimum atomic E-state index is -0.223. The molecule has 2 aromatic carbocycles. The minimum Gasteiger partial charge on any atom is -0.490 e. The first-order chi connectivity index (χ1) is 13.6. The van der Waals surface area contributed by atoms with Crippen LogP contribution in [0.1, 0.15) is 48.9 Å². The summed E-state index contributed by atoms with van der Waals surface area (Å²) in [6.45, 7) is 5.43. The number of hydrogen-bond acceptors (Lipinski definition) is 4. The lowest BCUT2D eigenvalue weighted by Crippen LogP contribution is -2.32. The Labute approximate surface area is 164 Å². The van der Waals surface area contributed by atoms with E-state index in [1.807, 2.05) is 24.3 Å². The summed E-state index contributed by atoms with van der Waals surface area (Å²) in [5.41, 5.74) is 2.40. The third-order valence-corrected chi connectivity index (χ3v) is 4.92. The molecule has 6 heteroatoms. The Bertz CT molecular complexity index is 947. The highest BCUT2D eigenvalue weighted by molar-refractivity contribution is 5.95. The number of H-pyrrole nitrogens is 1. The molecule has 2 N–H and O–H groups in total. The van der Waals surface area contributed by atoms with Gasteiger partial charge in [-0.3, -0.25) is 4.79 Å².